The molecule has 1 unspecified atom stereocenters. The monoisotopic (exact) mass is 787 g/mol. The first kappa shape index (κ1) is 35.9. The van der Waals surface area contributed by atoms with Crippen molar-refractivity contribution in [2.24, 2.45) is 0 Å². The van der Waals surface area contributed by atoms with E-state index in [2.05, 4.69) is 254 Å². The molecule has 1 aliphatic carbocycles. The Morgan fingerprint density at radius 3 is 1.45 bits per heavy atom. The number of hydrogen-bond acceptors (Lipinski definition) is 1. The Balaban J connectivity index is 1.10. The molecule has 1 heteroatoms. The summed E-state index contributed by atoms with van der Waals surface area (Å²) in [5, 5.41) is 7.55. The zero-order valence-electron chi connectivity index (χ0n) is 34.1. The normalized spacial score (nSPS) is 14.2. The maximum absolute atomic E-state index is 2.45. The largest absolute Gasteiger partial charge is 0.310 e. The minimum Gasteiger partial charge on any atom is -0.310 e. The molecule has 1 aliphatic rings. The van der Waals surface area contributed by atoms with E-state index in [1.54, 1.807) is 0 Å². The van der Waals surface area contributed by atoms with Crippen molar-refractivity contribution in [2.75, 3.05) is 4.90 Å². The highest BCUT2D eigenvalue weighted by molar-refractivity contribution is 6.16. The van der Waals surface area contributed by atoms with E-state index in [-0.39, 0.29) is 0 Å². The SMILES string of the molecule is c1ccc(-c2ccc(N(c3ccc(C4(c5ccccc5)c5ccccc5-c5cc6c4cccc6c4ccccc54)cc3)c3ccc(-c4ccccc4)c4ccccc34)cc2)cc1. The van der Waals surface area contributed by atoms with Gasteiger partial charge in [-0.25, -0.2) is 0 Å². The van der Waals surface area contributed by atoms with Crippen molar-refractivity contribution in [2.45, 2.75) is 5.41 Å². The van der Waals surface area contributed by atoms with Crippen molar-refractivity contribution in [1.82, 2.24) is 0 Å². The maximum Gasteiger partial charge on any atom is 0.0713 e. The summed E-state index contributed by atoms with van der Waals surface area (Å²) >= 11 is 0. The Morgan fingerprint density at radius 1 is 0.258 bits per heavy atom. The van der Waals surface area contributed by atoms with Crippen molar-refractivity contribution in [3.05, 3.63) is 271 Å². The summed E-state index contributed by atoms with van der Waals surface area (Å²) in [6.07, 6.45) is 0. The molecule has 0 N–H and O–H groups in total. The minimum atomic E-state index is -0.603. The Labute approximate surface area is 362 Å². The number of rotatable bonds is 7. The van der Waals surface area contributed by atoms with Crippen LogP contribution in [0, 0.1) is 0 Å². The van der Waals surface area contributed by atoms with Gasteiger partial charge in [-0.1, -0.05) is 212 Å². The van der Waals surface area contributed by atoms with Crippen LogP contribution in [0.3, 0.4) is 0 Å². The third-order valence-corrected chi connectivity index (χ3v) is 13.2. The van der Waals surface area contributed by atoms with Crippen molar-refractivity contribution in [3.8, 4) is 33.4 Å². The molecule has 0 heterocycles. The number of fused-ring (bicyclic) bond motifs is 3. The fraction of sp³-hybridized carbons (Fsp3) is 0.0164. The first-order chi connectivity index (χ1) is 30.8. The van der Waals surface area contributed by atoms with Crippen molar-refractivity contribution in [3.63, 3.8) is 0 Å². The van der Waals surface area contributed by atoms with Crippen molar-refractivity contribution in [1.29, 1.82) is 0 Å². The van der Waals surface area contributed by atoms with Gasteiger partial charge in [-0.3, -0.25) is 0 Å². The molecule has 62 heavy (non-hydrogen) atoms. The van der Waals surface area contributed by atoms with Crippen LogP contribution in [0.2, 0.25) is 0 Å². The van der Waals surface area contributed by atoms with Crippen molar-refractivity contribution < 1.29 is 0 Å². The molecule has 1 nitrogen and oxygen atoms in total. The molecule has 0 amide bonds. The topological polar surface area (TPSA) is 3.24 Å². The first-order valence-electron chi connectivity index (χ1n) is 21.5. The Bertz CT molecular complexity index is 3430. The van der Waals surface area contributed by atoms with E-state index in [4.69, 9.17) is 0 Å². The van der Waals surface area contributed by atoms with Gasteiger partial charge in [0.1, 0.15) is 0 Å². The molecule has 0 saturated heterocycles. The summed E-state index contributed by atoms with van der Waals surface area (Å²) in [4.78, 5) is 2.43. The van der Waals surface area contributed by atoms with Gasteiger partial charge in [-0.2, -0.15) is 0 Å². The fourth-order valence-corrected chi connectivity index (χ4v) is 10.4. The number of benzene rings is 11. The van der Waals surface area contributed by atoms with Crippen molar-refractivity contribution >= 4 is 49.4 Å². The Morgan fingerprint density at radius 2 is 0.742 bits per heavy atom. The van der Waals surface area contributed by atoms with Crippen LogP contribution >= 0.6 is 0 Å². The molecule has 0 spiro atoms. The van der Waals surface area contributed by atoms with E-state index < -0.39 is 5.41 Å². The molecule has 12 rings (SSSR count). The molecular formula is C61H41N. The Kier molecular flexibility index (Phi) is 8.47. The number of anilines is 3. The first-order valence-corrected chi connectivity index (χ1v) is 21.5. The smallest absolute Gasteiger partial charge is 0.0713 e. The zero-order valence-corrected chi connectivity index (χ0v) is 34.1. The average molecular weight is 788 g/mol. The van der Waals surface area contributed by atoms with E-state index in [9.17, 15) is 0 Å². The van der Waals surface area contributed by atoms with Gasteiger partial charge in [0.2, 0.25) is 0 Å². The molecule has 0 aromatic heterocycles. The summed E-state index contributed by atoms with van der Waals surface area (Å²) in [6, 6.07) is 91.8. The molecule has 4 bridgehead atoms. The van der Waals surface area contributed by atoms with Crippen LogP contribution in [0.4, 0.5) is 17.1 Å². The molecular weight excluding hydrogens is 747 g/mol. The van der Waals surface area contributed by atoms with Crippen LogP contribution in [-0.2, 0) is 5.41 Å². The molecule has 0 aliphatic heterocycles. The second-order valence-electron chi connectivity index (χ2n) is 16.4. The number of hydrogen-bond donors (Lipinski definition) is 0. The average Bonchev–Trinajstić information content (AvgIpc) is 3.48. The second-order valence-corrected chi connectivity index (χ2v) is 16.4. The lowest BCUT2D eigenvalue weighted by molar-refractivity contribution is 0.756. The van der Waals surface area contributed by atoms with Crippen LogP contribution in [0.15, 0.2) is 249 Å². The summed E-state index contributed by atoms with van der Waals surface area (Å²) in [5.74, 6) is 0. The van der Waals surface area contributed by atoms with Gasteiger partial charge >= 0.3 is 0 Å². The van der Waals surface area contributed by atoms with E-state index in [0.29, 0.717) is 0 Å². The van der Waals surface area contributed by atoms with E-state index in [0.717, 1.165) is 17.1 Å². The fourth-order valence-electron chi connectivity index (χ4n) is 10.4. The standard InChI is InChI=1S/C61H41N/c1-4-17-42(18-5-1)43-31-35-47(36-32-43)62(60-40-39-49(44-19-6-2-7-20-44)50-23-12-13-27-55(50)60)48-37-33-46(34-38-48)61(45-21-8-3-9-22-45)58-29-15-14-26-54(58)56-41-57-53(28-16-30-59(57)61)51-24-10-11-25-52(51)56/h1-41H. The lowest BCUT2D eigenvalue weighted by atomic mass is 9.63. The summed E-state index contributed by atoms with van der Waals surface area (Å²) in [6.45, 7) is 0. The molecule has 11 aromatic carbocycles. The van der Waals surface area contributed by atoms with Gasteiger partial charge in [0.15, 0.2) is 0 Å². The molecule has 0 radical (unpaired) electrons. The van der Waals surface area contributed by atoms with E-state index in [1.807, 2.05) is 0 Å². The minimum absolute atomic E-state index is 0.603. The Hall–Kier alpha value is -8.00. The van der Waals surface area contributed by atoms with Gasteiger partial charge in [-0.05, 0) is 119 Å². The highest BCUT2D eigenvalue weighted by Crippen LogP contribution is 2.55. The molecule has 290 valence electrons. The summed E-state index contributed by atoms with van der Waals surface area (Å²) < 4.78 is 0. The van der Waals surface area contributed by atoms with Crippen LogP contribution in [-0.4, -0.2) is 0 Å². The molecule has 0 fully saturated rings. The highest BCUT2D eigenvalue weighted by atomic mass is 15.1. The molecule has 1 atom stereocenters. The molecule has 11 aromatic rings. The predicted octanol–water partition coefficient (Wildman–Crippen LogP) is 16.3. The quantitative estimate of drug-likeness (QED) is 0.145. The van der Waals surface area contributed by atoms with Gasteiger partial charge in [-0.15, -0.1) is 0 Å². The van der Waals surface area contributed by atoms with E-state index in [1.165, 1.54) is 88.0 Å². The third kappa shape index (κ3) is 5.56. The van der Waals surface area contributed by atoms with E-state index >= 15 is 0 Å². The van der Waals surface area contributed by atoms with Gasteiger partial charge < -0.3 is 4.90 Å². The maximum atomic E-state index is 2.45. The number of nitrogens with zero attached hydrogens (tertiary/aromatic N) is 1. The van der Waals surface area contributed by atoms with Gasteiger partial charge in [0.25, 0.3) is 0 Å². The predicted molar refractivity (Wildman–Crippen MR) is 262 cm³/mol. The van der Waals surface area contributed by atoms with Crippen LogP contribution in [0.25, 0.3) is 65.7 Å². The third-order valence-electron chi connectivity index (χ3n) is 13.2. The zero-order chi connectivity index (χ0) is 41.0. The summed E-state index contributed by atoms with van der Waals surface area (Å²) in [7, 11) is 0. The van der Waals surface area contributed by atoms with Crippen LogP contribution < -0.4 is 4.90 Å². The van der Waals surface area contributed by atoms with Gasteiger partial charge in [0.05, 0.1) is 11.1 Å². The van der Waals surface area contributed by atoms with Crippen LogP contribution in [0.5, 0.6) is 0 Å². The van der Waals surface area contributed by atoms with Crippen LogP contribution in [0.1, 0.15) is 22.3 Å². The molecule has 0 saturated carbocycles. The lowest BCUT2D eigenvalue weighted by Gasteiger charge is -2.38. The lowest BCUT2D eigenvalue weighted by Crippen LogP contribution is -2.31. The highest BCUT2D eigenvalue weighted by Gasteiger charge is 2.43. The van der Waals surface area contributed by atoms with Gasteiger partial charge in [0, 0.05) is 16.8 Å². The second kappa shape index (κ2) is 14.6. The summed E-state index contributed by atoms with van der Waals surface area (Å²) in [5.41, 5.74) is 15.1.